The van der Waals surface area contributed by atoms with E-state index in [9.17, 15) is 4.79 Å². The molecule has 0 aliphatic heterocycles. The van der Waals surface area contributed by atoms with Gasteiger partial charge in [-0.2, -0.15) is 0 Å². The summed E-state index contributed by atoms with van der Waals surface area (Å²) in [6.07, 6.45) is 7.38. The van der Waals surface area contributed by atoms with Crippen LogP contribution in [0.25, 0.3) is 0 Å². The van der Waals surface area contributed by atoms with E-state index in [0.29, 0.717) is 12.0 Å². The highest BCUT2D eigenvalue weighted by Crippen LogP contribution is 2.35. The van der Waals surface area contributed by atoms with Gasteiger partial charge in [0, 0.05) is 6.54 Å². The van der Waals surface area contributed by atoms with E-state index < -0.39 is 0 Å². The second-order valence-electron chi connectivity index (χ2n) is 5.47. The van der Waals surface area contributed by atoms with Crippen molar-refractivity contribution >= 4 is 5.97 Å². The molecular weight excluding hydrogens is 214 g/mol. The van der Waals surface area contributed by atoms with Crippen LogP contribution in [0.2, 0.25) is 0 Å². The minimum absolute atomic E-state index is 0.102. The highest BCUT2D eigenvalue weighted by molar-refractivity contribution is 5.75. The van der Waals surface area contributed by atoms with Crippen LogP contribution in [-0.4, -0.2) is 25.2 Å². The van der Waals surface area contributed by atoms with Gasteiger partial charge in [0.1, 0.15) is 6.04 Å². The summed E-state index contributed by atoms with van der Waals surface area (Å²) in [4.78, 5) is 11.7. The Morgan fingerprint density at radius 1 is 1.29 bits per heavy atom. The number of hydrogen-bond donors (Lipinski definition) is 1. The molecule has 1 aliphatic carbocycles. The van der Waals surface area contributed by atoms with Crippen molar-refractivity contribution in [1.82, 2.24) is 5.32 Å². The Labute approximate surface area is 105 Å². The molecule has 0 heterocycles. The average Bonchev–Trinajstić information content (AvgIpc) is 2.31. The van der Waals surface area contributed by atoms with Crippen molar-refractivity contribution in [1.29, 1.82) is 0 Å². The lowest BCUT2D eigenvalue weighted by molar-refractivity contribution is -0.145. The summed E-state index contributed by atoms with van der Waals surface area (Å²) in [6, 6.07) is -0.131. The maximum Gasteiger partial charge on any atom is 0.323 e. The van der Waals surface area contributed by atoms with Crippen LogP contribution in [-0.2, 0) is 9.53 Å². The molecule has 0 aromatic rings. The van der Waals surface area contributed by atoms with Gasteiger partial charge in [-0.25, -0.2) is 0 Å². The molecule has 3 heteroatoms. The third-order valence-electron chi connectivity index (χ3n) is 3.82. The van der Waals surface area contributed by atoms with Crippen molar-refractivity contribution in [3.63, 3.8) is 0 Å². The van der Waals surface area contributed by atoms with E-state index in [1.165, 1.54) is 32.1 Å². The molecule has 0 bridgehead atoms. The van der Waals surface area contributed by atoms with Crippen molar-refractivity contribution < 1.29 is 9.53 Å². The maximum atomic E-state index is 11.7. The molecule has 0 saturated heterocycles. The largest absolute Gasteiger partial charge is 0.465 e. The van der Waals surface area contributed by atoms with Crippen LogP contribution < -0.4 is 5.32 Å². The van der Waals surface area contributed by atoms with E-state index in [0.717, 1.165) is 13.0 Å². The third-order valence-corrected chi connectivity index (χ3v) is 3.82. The Balaban J connectivity index is 2.38. The second kappa shape index (κ2) is 7.00. The van der Waals surface area contributed by atoms with E-state index in [2.05, 4.69) is 12.2 Å². The number of esters is 1. The molecular formula is C14H27NO2. The standard InChI is InChI=1S/C14H27NO2/c1-4-12(13(16)17-5-2)15-11-14(3)9-7-6-8-10-14/h12,15H,4-11H2,1-3H3. The average molecular weight is 241 g/mol. The molecule has 1 saturated carbocycles. The van der Waals surface area contributed by atoms with Gasteiger partial charge in [-0.15, -0.1) is 0 Å². The first kappa shape index (κ1) is 14.5. The minimum atomic E-state index is -0.131. The summed E-state index contributed by atoms with van der Waals surface area (Å²) in [5.74, 6) is -0.102. The fourth-order valence-corrected chi connectivity index (χ4v) is 2.59. The summed E-state index contributed by atoms with van der Waals surface area (Å²) in [7, 11) is 0. The van der Waals surface area contributed by atoms with Gasteiger partial charge in [0.2, 0.25) is 0 Å². The zero-order chi connectivity index (χ0) is 12.7. The fourth-order valence-electron chi connectivity index (χ4n) is 2.59. The van der Waals surface area contributed by atoms with Gasteiger partial charge < -0.3 is 10.1 Å². The van der Waals surface area contributed by atoms with Crippen LogP contribution in [0.1, 0.15) is 59.3 Å². The summed E-state index contributed by atoms with van der Waals surface area (Å²) in [5.41, 5.74) is 0.373. The maximum absolute atomic E-state index is 11.7. The molecule has 3 nitrogen and oxygen atoms in total. The SMILES string of the molecule is CCOC(=O)C(CC)NCC1(C)CCCCC1. The zero-order valence-corrected chi connectivity index (χ0v) is 11.6. The Morgan fingerprint density at radius 3 is 2.47 bits per heavy atom. The van der Waals surface area contributed by atoms with E-state index in [1.54, 1.807) is 0 Å². The highest BCUT2D eigenvalue weighted by atomic mass is 16.5. The van der Waals surface area contributed by atoms with Crippen LogP contribution in [0.3, 0.4) is 0 Å². The molecule has 0 aromatic heterocycles. The number of carbonyl (C=O) groups excluding carboxylic acids is 1. The van der Waals surface area contributed by atoms with Gasteiger partial charge in [0.25, 0.3) is 0 Å². The van der Waals surface area contributed by atoms with Crippen molar-refractivity contribution in [3.8, 4) is 0 Å². The van der Waals surface area contributed by atoms with Gasteiger partial charge in [-0.1, -0.05) is 33.1 Å². The molecule has 1 unspecified atom stereocenters. The summed E-state index contributed by atoms with van der Waals surface area (Å²) >= 11 is 0. The molecule has 1 atom stereocenters. The van der Waals surface area contributed by atoms with E-state index in [-0.39, 0.29) is 12.0 Å². The number of carbonyl (C=O) groups is 1. The Kier molecular flexibility index (Phi) is 5.96. The molecule has 1 fully saturated rings. The Bertz CT molecular complexity index is 234. The Hall–Kier alpha value is -0.570. The predicted molar refractivity (Wildman–Crippen MR) is 69.9 cm³/mol. The van der Waals surface area contributed by atoms with Crippen molar-refractivity contribution in [2.75, 3.05) is 13.2 Å². The quantitative estimate of drug-likeness (QED) is 0.727. The van der Waals surface area contributed by atoms with Crippen molar-refractivity contribution in [3.05, 3.63) is 0 Å². The first-order chi connectivity index (χ1) is 8.11. The zero-order valence-electron chi connectivity index (χ0n) is 11.6. The first-order valence-corrected chi connectivity index (χ1v) is 7.01. The van der Waals surface area contributed by atoms with Gasteiger partial charge in [0.15, 0.2) is 0 Å². The van der Waals surface area contributed by atoms with Crippen LogP contribution in [0.5, 0.6) is 0 Å². The number of hydrogen-bond acceptors (Lipinski definition) is 3. The lowest BCUT2D eigenvalue weighted by Gasteiger charge is -2.34. The minimum Gasteiger partial charge on any atom is -0.465 e. The fraction of sp³-hybridized carbons (Fsp3) is 0.929. The second-order valence-corrected chi connectivity index (χ2v) is 5.47. The lowest BCUT2D eigenvalue weighted by atomic mass is 9.75. The first-order valence-electron chi connectivity index (χ1n) is 7.01. The van der Waals surface area contributed by atoms with E-state index in [1.807, 2.05) is 13.8 Å². The van der Waals surface area contributed by atoms with Crippen molar-refractivity contribution in [2.24, 2.45) is 5.41 Å². The normalized spacial score (nSPS) is 20.9. The summed E-state index contributed by atoms with van der Waals surface area (Å²) in [6.45, 7) is 7.61. The molecule has 100 valence electrons. The molecule has 0 amide bonds. The number of ether oxygens (including phenoxy) is 1. The third kappa shape index (κ3) is 4.66. The Morgan fingerprint density at radius 2 is 1.94 bits per heavy atom. The van der Waals surface area contributed by atoms with Crippen LogP contribution in [0, 0.1) is 5.41 Å². The molecule has 17 heavy (non-hydrogen) atoms. The van der Waals surface area contributed by atoms with Gasteiger partial charge in [-0.05, 0) is 31.6 Å². The molecule has 1 rings (SSSR count). The van der Waals surface area contributed by atoms with Crippen molar-refractivity contribution in [2.45, 2.75) is 65.3 Å². The molecule has 1 aliphatic rings. The van der Waals surface area contributed by atoms with Crippen LogP contribution in [0.4, 0.5) is 0 Å². The lowest BCUT2D eigenvalue weighted by Crippen LogP contribution is -2.43. The van der Waals surface area contributed by atoms with Gasteiger partial charge >= 0.3 is 5.97 Å². The highest BCUT2D eigenvalue weighted by Gasteiger charge is 2.28. The monoisotopic (exact) mass is 241 g/mol. The van der Waals surface area contributed by atoms with Gasteiger partial charge in [0.05, 0.1) is 6.61 Å². The number of nitrogens with one attached hydrogen (secondary N) is 1. The number of rotatable bonds is 6. The smallest absolute Gasteiger partial charge is 0.323 e. The van der Waals surface area contributed by atoms with Crippen LogP contribution >= 0.6 is 0 Å². The molecule has 0 aromatic carbocycles. The van der Waals surface area contributed by atoms with E-state index in [4.69, 9.17) is 4.74 Å². The van der Waals surface area contributed by atoms with Crippen LogP contribution in [0.15, 0.2) is 0 Å². The summed E-state index contributed by atoms with van der Waals surface area (Å²) < 4.78 is 5.07. The molecule has 0 spiro atoms. The van der Waals surface area contributed by atoms with E-state index >= 15 is 0 Å². The van der Waals surface area contributed by atoms with Gasteiger partial charge in [-0.3, -0.25) is 4.79 Å². The predicted octanol–water partition coefficient (Wildman–Crippen LogP) is 2.89. The topological polar surface area (TPSA) is 38.3 Å². The summed E-state index contributed by atoms with van der Waals surface area (Å²) in [5, 5.41) is 3.39. The molecule has 1 N–H and O–H groups in total. The molecule has 0 radical (unpaired) electrons.